The molecule has 4 heteroatoms. The van der Waals surface area contributed by atoms with Crippen molar-refractivity contribution >= 4 is 0 Å². The predicted molar refractivity (Wildman–Crippen MR) is 67.5 cm³/mol. The first kappa shape index (κ1) is 11.7. The van der Waals surface area contributed by atoms with Gasteiger partial charge in [0.1, 0.15) is 5.75 Å². The van der Waals surface area contributed by atoms with Gasteiger partial charge in [0, 0.05) is 17.3 Å². The highest BCUT2D eigenvalue weighted by molar-refractivity contribution is 5.39. The second kappa shape index (κ2) is 4.59. The molecule has 0 aliphatic carbocycles. The Balaban J connectivity index is 2.39. The SMILES string of the molecule is COc1ccc(-n2ncc([C@@H](C)N)c2C)cc1. The fourth-order valence-corrected chi connectivity index (χ4v) is 1.85. The summed E-state index contributed by atoms with van der Waals surface area (Å²) in [4.78, 5) is 0. The second-order valence-corrected chi connectivity index (χ2v) is 4.08. The summed E-state index contributed by atoms with van der Waals surface area (Å²) in [7, 11) is 1.66. The summed E-state index contributed by atoms with van der Waals surface area (Å²) in [6.45, 7) is 3.98. The first-order valence-corrected chi connectivity index (χ1v) is 5.58. The molecular formula is C13H17N3O. The summed E-state index contributed by atoms with van der Waals surface area (Å²) >= 11 is 0. The molecule has 4 nitrogen and oxygen atoms in total. The second-order valence-electron chi connectivity index (χ2n) is 4.08. The van der Waals surface area contributed by atoms with Crippen molar-refractivity contribution in [1.82, 2.24) is 9.78 Å². The van der Waals surface area contributed by atoms with Crippen molar-refractivity contribution < 1.29 is 4.74 Å². The maximum Gasteiger partial charge on any atom is 0.119 e. The lowest BCUT2D eigenvalue weighted by Crippen LogP contribution is -2.07. The van der Waals surface area contributed by atoms with E-state index in [-0.39, 0.29) is 6.04 Å². The molecule has 1 aromatic carbocycles. The number of rotatable bonds is 3. The zero-order chi connectivity index (χ0) is 12.4. The van der Waals surface area contributed by atoms with E-state index in [9.17, 15) is 0 Å². The zero-order valence-electron chi connectivity index (χ0n) is 10.3. The molecule has 2 N–H and O–H groups in total. The molecule has 0 bridgehead atoms. The van der Waals surface area contributed by atoms with Crippen LogP contribution in [0.2, 0.25) is 0 Å². The summed E-state index contributed by atoms with van der Waals surface area (Å²) in [5.41, 5.74) is 9.03. The molecule has 0 aliphatic heterocycles. The van der Waals surface area contributed by atoms with Crippen molar-refractivity contribution in [3.63, 3.8) is 0 Å². The van der Waals surface area contributed by atoms with Crippen LogP contribution < -0.4 is 10.5 Å². The summed E-state index contributed by atoms with van der Waals surface area (Å²) < 4.78 is 7.02. The third-order valence-electron chi connectivity index (χ3n) is 2.86. The van der Waals surface area contributed by atoms with Crippen molar-refractivity contribution in [1.29, 1.82) is 0 Å². The van der Waals surface area contributed by atoms with E-state index < -0.39 is 0 Å². The highest BCUT2D eigenvalue weighted by Crippen LogP contribution is 2.20. The molecule has 1 heterocycles. The lowest BCUT2D eigenvalue weighted by atomic mass is 10.1. The van der Waals surface area contributed by atoms with Crippen molar-refractivity contribution in [2.24, 2.45) is 5.73 Å². The van der Waals surface area contributed by atoms with Crippen molar-refractivity contribution in [3.05, 3.63) is 41.7 Å². The normalized spacial score (nSPS) is 12.5. The van der Waals surface area contributed by atoms with Crippen LogP contribution in [0.15, 0.2) is 30.5 Å². The number of benzene rings is 1. The molecule has 1 aromatic heterocycles. The number of methoxy groups -OCH3 is 1. The van der Waals surface area contributed by atoms with Crippen LogP contribution in [0.4, 0.5) is 0 Å². The van der Waals surface area contributed by atoms with Gasteiger partial charge >= 0.3 is 0 Å². The Hall–Kier alpha value is -1.81. The van der Waals surface area contributed by atoms with Gasteiger partial charge in [-0.25, -0.2) is 4.68 Å². The lowest BCUT2D eigenvalue weighted by Gasteiger charge is -2.08. The number of aromatic nitrogens is 2. The molecule has 0 amide bonds. The predicted octanol–water partition coefficient (Wildman–Crippen LogP) is 2.21. The van der Waals surface area contributed by atoms with E-state index in [2.05, 4.69) is 5.10 Å². The Labute approximate surface area is 101 Å². The highest BCUT2D eigenvalue weighted by atomic mass is 16.5. The van der Waals surface area contributed by atoms with Crippen LogP contribution >= 0.6 is 0 Å². The molecule has 90 valence electrons. The zero-order valence-corrected chi connectivity index (χ0v) is 10.3. The number of hydrogen-bond acceptors (Lipinski definition) is 3. The first-order chi connectivity index (χ1) is 8.13. The van der Waals surface area contributed by atoms with E-state index in [4.69, 9.17) is 10.5 Å². The molecule has 1 atom stereocenters. The van der Waals surface area contributed by atoms with E-state index in [1.807, 2.05) is 49.0 Å². The largest absolute Gasteiger partial charge is 0.497 e. The molecule has 0 saturated heterocycles. The Morgan fingerprint density at radius 1 is 1.29 bits per heavy atom. The van der Waals surface area contributed by atoms with Crippen molar-refractivity contribution in [2.75, 3.05) is 7.11 Å². The van der Waals surface area contributed by atoms with Crippen LogP contribution in [-0.4, -0.2) is 16.9 Å². The van der Waals surface area contributed by atoms with E-state index in [1.54, 1.807) is 7.11 Å². The average Bonchev–Trinajstić information content (AvgIpc) is 2.71. The Bertz CT molecular complexity index is 500. The Kier molecular flexibility index (Phi) is 3.15. The fraction of sp³-hybridized carbons (Fsp3) is 0.308. The van der Waals surface area contributed by atoms with Crippen LogP contribution in [0.1, 0.15) is 24.2 Å². The molecule has 0 spiro atoms. The molecule has 0 radical (unpaired) electrons. The van der Waals surface area contributed by atoms with Crippen molar-refractivity contribution in [3.8, 4) is 11.4 Å². The molecule has 0 fully saturated rings. The average molecular weight is 231 g/mol. The number of nitrogens with two attached hydrogens (primary N) is 1. The summed E-state index contributed by atoms with van der Waals surface area (Å²) in [5.74, 6) is 0.839. The smallest absolute Gasteiger partial charge is 0.119 e. The fourth-order valence-electron chi connectivity index (χ4n) is 1.85. The molecule has 0 unspecified atom stereocenters. The van der Waals surface area contributed by atoms with Gasteiger partial charge in [-0.15, -0.1) is 0 Å². The highest BCUT2D eigenvalue weighted by Gasteiger charge is 2.10. The van der Waals surface area contributed by atoms with Gasteiger partial charge in [-0.3, -0.25) is 0 Å². The quantitative estimate of drug-likeness (QED) is 0.881. The van der Waals surface area contributed by atoms with Crippen LogP contribution in [0.5, 0.6) is 5.75 Å². The van der Waals surface area contributed by atoms with Gasteiger partial charge in [-0.1, -0.05) is 0 Å². The topological polar surface area (TPSA) is 53.1 Å². The van der Waals surface area contributed by atoms with Crippen molar-refractivity contribution in [2.45, 2.75) is 19.9 Å². The lowest BCUT2D eigenvalue weighted by molar-refractivity contribution is 0.414. The third kappa shape index (κ3) is 2.17. The van der Waals surface area contributed by atoms with Gasteiger partial charge < -0.3 is 10.5 Å². The molecule has 2 aromatic rings. The van der Waals surface area contributed by atoms with Gasteiger partial charge in [-0.05, 0) is 38.1 Å². The van der Waals surface area contributed by atoms with Crippen LogP contribution in [0, 0.1) is 6.92 Å². The minimum atomic E-state index is 0.00185. The summed E-state index contributed by atoms with van der Waals surface area (Å²) in [6, 6.07) is 7.79. The Morgan fingerprint density at radius 3 is 2.41 bits per heavy atom. The van der Waals surface area contributed by atoms with Gasteiger partial charge in [0.15, 0.2) is 0 Å². The summed E-state index contributed by atoms with van der Waals surface area (Å²) in [6.07, 6.45) is 1.82. The monoisotopic (exact) mass is 231 g/mol. The van der Waals surface area contributed by atoms with Gasteiger partial charge in [0.2, 0.25) is 0 Å². The maximum absolute atomic E-state index is 5.88. The van der Waals surface area contributed by atoms with Gasteiger partial charge in [0.25, 0.3) is 0 Å². The number of nitrogens with zero attached hydrogens (tertiary/aromatic N) is 2. The van der Waals surface area contributed by atoms with E-state index in [1.165, 1.54) is 0 Å². The van der Waals surface area contributed by atoms with Crippen LogP contribution in [0.25, 0.3) is 5.69 Å². The van der Waals surface area contributed by atoms with Crippen LogP contribution in [-0.2, 0) is 0 Å². The first-order valence-electron chi connectivity index (χ1n) is 5.58. The molecule has 17 heavy (non-hydrogen) atoms. The summed E-state index contributed by atoms with van der Waals surface area (Å²) in [5, 5.41) is 4.36. The molecule has 0 aliphatic rings. The van der Waals surface area contributed by atoms with Gasteiger partial charge in [0.05, 0.1) is 19.0 Å². The standard InChI is InChI=1S/C13H17N3O/c1-9(14)13-8-15-16(10(13)2)11-4-6-12(17-3)7-5-11/h4-9H,14H2,1-3H3/t9-/m1/s1. The van der Waals surface area contributed by atoms with E-state index >= 15 is 0 Å². The van der Waals surface area contributed by atoms with Crippen LogP contribution in [0.3, 0.4) is 0 Å². The van der Waals surface area contributed by atoms with Gasteiger partial charge in [-0.2, -0.15) is 5.10 Å². The minimum absolute atomic E-state index is 0.00185. The molecule has 2 rings (SSSR count). The number of hydrogen-bond donors (Lipinski definition) is 1. The molecule has 0 saturated carbocycles. The molecular weight excluding hydrogens is 214 g/mol. The van der Waals surface area contributed by atoms with E-state index in [0.29, 0.717) is 0 Å². The maximum atomic E-state index is 5.88. The minimum Gasteiger partial charge on any atom is -0.497 e. The third-order valence-corrected chi connectivity index (χ3v) is 2.86. The van der Waals surface area contributed by atoms with E-state index in [0.717, 1.165) is 22.7 Å². The Morgan fingerprint density at radius 2 is 1.94 bits per heavy atom. The number of ether oxygens (including phenoxy) is 1.